The molecule has 0 aromatic heterocycles. The summed E-state index contributed by atoms with van der Waals surface area (Å²) in [6.45, 7) is 1.88. The van der Waals surface area contributed by atoms with E-state index in [1.165, 1.54) is 24.3 Å². The Labute approximate surface area is 132 Å². The van der Waals surface area contributed by atoms with Crippen molar-refractivity contribution in [2.24, 2.45) is 0 Å². The van der Waals surface area contributed by atoms with Gasteiger partial charge in [0.05, 0.1) is 17.2 Å². The van der Waals surface area contributed by atoms with E-state index >= 15 is 0 Å². The number of aliphatic hydroxyl groups excluding tert-OH is 1. The quantitative estimate of drug-likeness (QED) is 0.605. The van der Waals surface area contributed by atoms with E-state index < -0.39 is 10.7 Å². The third-order valence-corrected chi connectivity index (χ3v) is 3.38. The minimum Gasteiger partial charge on any atom is -0.489 e. The maximum Gasteiger partial charge on any atom is 0.272 e. The zero-order valence-electron chi connectivity index (χ0n) is 12.6. The molecule has 0 atom stereocenters. The Morgan fingerprint density at radius 3 is 2.83 bits per heavy atom. The Hall–Kier alpha value is -2.67. The first-order valence-electron chi connectivity index (χ1n) is 7.03. The summed E-state index contributed by atoms with van der Waals surface area (Å²) in [7, 11) is 0. The normalized spacial score (nSPS) is 10.4. The van der Waals surface area contributed by atoms with Gasteiger partial charge in [-0.2, -0.15) is 0 Å². The summed E-state index contributed by atoms with van der Waals surface area (Å²) >= 11 is 0. The molecule has 0 radical (unpaired) electrons. The zero-order chi connectivity index (χ0) is 16.8. The predicted octanol–water partition coefficient (Wildman–Crippen LogP) is 3.03. The van der Waals surface area contributed by atoms with Gasteiger partial charge in [0.15, 0.2) is 0 Å². The number of hydrogen-bond acceptors (Lipinski definition) is 5. The van der Waals surface area contributed by atoms with Gasteiger partial charge in [-0.1, -0.05) is 12.1 Å². The minimum atomic E-state index is -0.449. The third-order valence-electron chi connectivity index (χ3n) is 3.38. The molecule has 2 N–H and O–H groups in total. The highest BCUT2D eigenvalue weighted by molar-refractivity contribution is 5.57. The smallest absolute Gasteiger partial charge is 0.272 e. The van der Waals surface area contributed by atoms with Gasteiger partial charge in [-0.05, 0) is 24.6 Å². The number of rotatable bonds is 7. The number of anilines is 1. The summed E-state index contributed by atoms with van der Waals surface area (Å²) in [6, 6.07) is 8.89. The first-order chi connectivity index (χ1) is 11.0. The second-order valence-corrected chi connectivity index (χ2v) is 4.88. The molecule has 23 heavy (non-hydrogen) atoms. The molecule has 2 aromatic rings. The van der Waals surface area contributed by atoms with Gasteiger partial charge in [0.25, 0.3) is 5.69 Å². The van der Waals surface area contributed by atoms with E-state index in [2.05, 4.69) is 5.32 Å². The Morgan fingerprint density at radius 2 is 2.13 bits per heavy atom. The fourth-order valence-corrected chi connectivity index (χ4v) is 2.17. The number of nitrogens with one attached hydrogen (secondary N) is 1. The molecule has 0 aliphatic carbocycles. The van der Waals surface area contributed by atoms with E-state index in [0.29, 0.717) is 17.8 Å². The average molecular weight is 320 g/mol. The molecule has 0 spiro atoms. The number of nitro benzene ring substituents is 1. The van der Waals surface area contributed by atoms with Gasteiger partial charge < -0.3 is 15.2 Å². The minimum absolute atomic E-state index is 0.0496. The lowest BCUT2D eigenvalue weighted by atomic mass is 10.1. The SMILES string of the molecule is Cc1c(CNc2ccc(F)cc2OCCO)cccc1[N+](=O)[O-]. The molecule has 2 aromatic carbocycles. The van der Waals surface area contributed by atoms with E-state index in [0.717, 1.165) is 5.56 Å². The van der Waals surface area contributed by atoms with E-state index in [-0.39, 0.29) is 24.7 Å². The van der Waals surface area contributed by atoms with E-state index in [9.17, 15) is 14.5 Å². The number of ether oxygens (including phenoxy) is 1. The summed E-state index contributed by atoms with van der Waals surface area (Å²) in [5.41, 5.74) is 1.94. The van der Waals surface area contributed by atoms with Crippen molar-refractivity contribution in [3.63, 3.8) is 0 Å². The fraction of sp³-hybridized carbons (Fsp3) is 0.250. The number of halogens is 1. The van der Waals surface area contributed by atoms with Crippen molar-refractivity contribution in [3.05, 3.63) is 63.5 Å². The van der Waals surface area contributed by atoms with Gasteiger partial charge in [-0.25, -0.2) is 4.39 Å². The van der Waals surface area contributed by atoms with Gasteiger partial charge in [-0.3, -0.25) is 10.1 Å². The van der Waals surface area contributed by atoms with Crippen LogP contribution in [0.1, 0.15) is 11.1 Å². The van der Waals surface area contributed by atoms with Crippen LogP contribution >= 0.6 is 0 Å². The topological polar surface area (TPSA) is 84.6 Å². The number of benzene rings is 2. The van der Waals surface area contributed by atoms with E-state index in [1.807, 2.05) is 0 Å². The number of hydrogen-bond donors (Lipinski definition) is 2. The molecule has 0 bridgehead atoms. The van der Waals surface area contributed by atoms with Crippen molar-refractivity contribution in [1.29, 1.82) is 0 Å². The molecule has 0 saturated carbocycles. The Kier molecular flexibility index (Phi) is 5.48. The maximum absolute atomic E-state index is 13.3. The lowest BCUT2D eigenvalue weighted by Gasteiger charge is -2.14. The molecule has 0 fully saturated rings. The van der Waals surface area contributed by atoms with Crippen LogP contribution in [0.2, 0.25) is 0 Å². The van der Waals surface area contributed by atoms with Crippen LogP contribution in [0, 0.1) is 22.9 Å². The van der Waals surface area contributed by atoms with Crippen LogP contribution in [-0.2, 0) is 6.54 Å². The molecule has 0 unspecified atom stereocenters. The molecule has 122 valence electrons. The standard InChI is InChI=1S/C16H17FN2O4/c1-11-12(3-2-4-15(11)19(21)22)10-18-14-6-5-13(17)9-16(14)23-8-7-20/h2-6,9,18,20H,7-8,10H2,1H3. The fourth-order valence-electron chi connectivity index (χ4n) is 2.17. The molecular formula is C16H17FN2O4. The van der Waals surface area contributed by atoms with Gasteiger partial charge in [0.2, 0.25) is 0 Å². The molecule has 2 rings (SSSR count). The maximum atomic E-state index is 13.3. The Morgan fingerprint density at radius 1 is 1.35 bits per heavy atom. The number of nitro groups is 1. The lowest BCUT2D eigenvalue weighted by Crippen LogP contribution is -2.07. The van der Waals surface area contributed by atoms with Gasteiger partial charge in [0.1, 0.15) is 18.2 Å². The molecule has 0 aliphatic heterocycles. The van der Waals surface area contributed by atoms with Crippen molar-refractivity contribution in [1.82, 2.24) is 0 Å². The predicted molar refractivity (Wildman–Crippen MR) is 84.1 cm³/mol. The monoisotopic (exact) mass is 320 g/mol. The summed E-state index contributed by atoms with van der Waals surface area (Å²) in [6.07, 6.45) is 0. The average Bonchev–Trinajstić information content (AvgIpc) is 2.52. The van der Waals surface area contributed by atoms with Gasteiger partial charge in [0, 0.05) is 24.2 Å². The van der Waals surface area contributed by atoms with E-state index in [1.54, 1.807) is 19.1 Å². The molecular weight excluding hydrogens is 303 g/mol. The number of aliphatic hydroxyl groups is 1. The van der Waals surface area contributed by atoms with Crippen LogP contribution in [0.15, 0.2) is 36.4 Å². The summed E-state index contributed by atoms with van der Waals surface area (Å²) in [4.78, 5) is 10.5. The summed E-state index contributed by atoms with van der Waals surface area (Å²) in [5.74, 6) is -0.169. The highest BCUT2D eigenvalue weighted by Crippen LogP contribution is 2.27. The van der Waals surface area contributed by atoms with Crippen molar-refractivity contribution >= 4 is 11.4 Å². The molecule has 6 nitrogen and oxygen atoms in total. The second kappa shape index (κ2) is 7.55. The van der Waals surface area contributed by atoms with Crippen LogP contribution in [-0.4, -0.2) is 23.2 Å². The molecule has 0 heterocycles. The Balaban J connectivity index is 2.18. The molecule has 0 amide bonds. The highest BCUT2D eigenvalue weighted by Gasteiger charge is 2.13. The first kappa shape index (κ1) is 16.7. The largest absolute Gasteiger partial charge is 0.489 e. The lowest BCUT2D eigenvalue weighted by molar-refractivity contribution is -0.385. The second-order valence-electron chi connectivity index (χ2n) is 4.88. The summed E-state index contributed by atoms with van der Waals surface area (Å²) in [5, 5.41) is 22.8. The first-order valence-corrected chi connectivity index (χ1v) is 7.03. The van der Waals surface area contributed by atoms with Crippen LogP contribution in [0.25, 0.3) is 0 Å². The van der Waals surface area contributed by atoms with E-state index in [4.69, 9.17) is 9.84 Å². The third kappa shape index (κ3) is 4.17. The molecule has 0 aliphatic rings. The molecule has 0 saturated heterocycles. The van der Waals surface area contributed by atoms with Crippen molar-refractivity contribution in [2.45, 2.75) is 13.5 Å². The van der Waals surface area contributed by atoms with Crippen molar-refractivity contribution < 1.29 is 19.2 Å². The Bertz CT molecular complexity index is 706. The van der Waals surface area contributed by atoms with Crippen LogP contribution in [0.4, 0.5) is 15.8 Å². The highest BCUT2D eigenvalue weighted by atomic mass is 19.1. The number of nitrogens with zero attached hydrogens (tertiary/aromatic N) is 1. The van der Waals surface area contributed by atoms with Gasteiger partial charge >= 0.3 is 0 Å². The van der Waals surface area contributed by atoms with Crippen molar-refractivity contribution in [3.8, 4) is 5.75 Å². The zero-order valence-corrected chi connectivity index (χ0v) is 12.6. The van der Waals surface area contributed by atoms with Gasteiger partial charge in [-0.15, -0.1) is 0 Å². The van der Waals surface area contributed by atoms with Crippen molar-refractivity contribution in [2.75, 3.05) is 18.5 Å². The summed E-state index contributed by atoms with van der Waals surface area (Å²) < 4.78 is 18.6. The van der Waals surface area contributed by atoms with Crippen LogP contribution in [0.5, 0.6) is 5.75 Å². The van der Waals surface area contributed by atoms with Crippen LogP contribution < -0.4 is 10.1 Å². The molecule has 7 heteroatoms. The van der Waals surface area contributed by atoms with Crippen LogP contribution in [0.3, 0.4) is 0 Å².